The molecule has 1 N–H and O–H groups in total. The highest BCUT2D eigenvalue weighted by Crippen LogP contribution is 2.44. The van der Waals surface area contributed by atoms with Gasteiger partial charge in [0, 0.05) is 23.9 Å². The average Bonchev–Trinajstić information content (AvgIpc) is 3.27. The Bertz CT molecular complexity index is 1550. The van der Waals surface area contributed by atoms with Crippen LogP contribution in [0.4, 0.5) is 33.3 Å². The third kappa shape index (κ3) is 5.02. The fraction of sp³-hybridized carbons (Fsp3) is 0.174. The van der Waals surface area contributed by atoms with Crippen molar-refractivity contribution < 1.29 is 41.1 Å². The second kappa shape index (κ2) is 9.57. The standard InChI is InChI=1S/C23H16F5N5O5/c1-12-7-19(22(24,25)23(26,27)28)32-20(29-12)11-16(31-32)21(34)30-13-8-14(33(35)36)10-15(9-13)38-18-6-4-3-5-17(18)37-2/h3-11H,1-2H3,(H,30,34). The maximum Gasteiger partial charge on any atom is 0.459 e. The number of nitro groups is 1. The van der Waals surface area contributed by atoms with Crippen molar-refractivity contribution in [2.75, 3.05) is 12.4 Å². The average molecular weight is 537 g/mol. The zero-order valence-electron chi connectivity index (χ0n) is 19.4. The first kappa shape index (κ1) is 26.2. The molecule has 10 nitrogen and oxygen atoms in total. The quantitative estimate of drug-likeness (QED) is 0.184. The molecule has 0 aliphatic heterocycles. The minimum Gasteiger partial charge on any atom is -0.493 e. The molecular weight excluding hydrogens is 521 g/mol. The lowest BCUT2D eigenvalue weighted by molar-refractivity contribution is -0.384. The van der Waals surface area contributed by atoms with Crippen molar-refractivity contribution in [3.05, 3.63) is 81.8 Å². The summed E-state index contributed by atoms with van der Waals surface area (Å²) < 4.78 is 78.3. The number of methoxy groups -OCH3 is 1. The van der Waals surface area contributed by atoms with Crippen molar-refractivity contribution >= 4 is 22.9 Å². The van der Waals surface area contributed by atoms with Crippen LogP contribution >= 0.6 is 0 Å². The molecule has 0 atom stereocenters. The summed E-state index contributed by atoms with van der Waals surface area (Å²) in [6, 6.07) is 11.2. The number of nitrogens with one attached hydrogen (secondary N) is 1. The van der Waals surface area contributed by atoms with Crippen LogP contribution in [0.5, 0.6) is 17.2 Å². The van der Waals surface area contributed by atoms with Crippen molar-refractivity contribution in [2.24, 2.45) is 0 Å². The number of hydrogen-bond acceptors (Lipinski definition) is 7. The Morgan fingerprint density at radius 2 is 1.74 bits per heavy atom. The Morgan fingerprint density at radius 1 is 1.05 bits per heavy atom. The van der Waals surface area contributed by atoms with Gasteiger partial charge >= 0.3 is 12.1 Å². The molecule has 2 heterocycles. The molecule has 15 heteroatoms. The number of hydrogen-bond donors (Lipinski definition) is 1. The lowest BCUT2D eigenvalue weighted by atomic mass is 10.2. The van der Waals surface area contributed by atoms with Gasteiger partial charge in [-0.3, -0.25) is 14.9 Å². The predicted molar refractivity (Wildman–Crippen MR) is 122 cm³/mol. The summed E-state index contributed by atoms with van der Waals surface area (Å²) in [4.78, 5) is 27.4. The molecule has 4 aromatic rings. The van der Waals surface area contributed by atoms with E-state index in [1.807, 2.05) is 0 Å². The number of halogens is 5. The largest absolute Gasteiger partial charge is 0.493 e. The van der Waals surface area contributed by atoms with Crippen LogP contribution in [0.1, 0.15) is 21.9 Å². The number of aryl methyl sites for hydroxylation is 1. The van der Waals surface area contributed by atoms with E-state index in [0.29, 0.717) is 11.8 Å². The number of rotatable bonds is 7. The normalized spacial score (nSPS) is 11.9. The van der Waals surface area contributed by atoms with E-state index in [9.17, 15) is 36.9 Å². The first-order valence-electron chi connectivity index (χ1n) is 10.5. The van der Waals surface area contributed by atoms with Crippen LogP contribution in [-0.2, 0) is 5.92 Å². The number of anilines is 1. The third-order valence-electron chi connectivity index (χ3n) is 5.12. The number of aromatic nitrogens is 3. The zero-order valence-corrected chi connectivity index (χ0v) is 19.4. The van der Waals surface area contributed by atoms with E-state index >= 15 is 0 Å². The number of fused-ring (bicyclic) bond motifs is 1. The van der Waals surface area contributed by atoms with Gasteiger partial charge in [0.25, 0.3) is 11.6 Å². The third-order valence-corrected chi connectivity index (χ3v) is 5.12. The van der Waals surface area contributed by atoms with Gasteiger partial charge in [-0.15, -0.1) is 0 Å². The zero-order chi connectivity index (χ0) is 27.8. The van der Waals surface area contributed by atoms with E-state index in [2.05, 4.69) is 15.4 Å². The van der Waals surface area contributed by atoms with Crippen molar-refractivity contribution in [2.45, 2.75) is 19.0 Å². The summed E-state index contributed by atoms with van der Waals surface area (Å²) in [5.41, 5.74) is -3.31. The smallest absolute Gasteiger partial charge is 0.459 e. The molecule has 38 heavy (non-hydrogen) atoms. The fourth-order valence-corrected chi connectivity index (χ4v) is 3.43. The summed E-state index contributed by atoms with van der Waals surface area (Å²) in [6.45, 7) is 1.20. The minimum absolute atomic E-state index is 0.0570. The van der Waals surface area contributed by atoms with Gasteiger partial charge in [0.1, 0.15) is 11.4 Å². The number of nitrogens with zero attached hydrogens (tertiary/aromatic N) is 4. The van der Waals surface area contributed by atoms with Gasteiger partial charge in [-0.25, -0.2) is 9.50 Å². The van der Waals surface area contributed by atoms with Gasteiger partial charge in [0.15, 0.2) is 22.8 Å². The molecule has 0 saturated carbocycles. The molecular formula is C23H16F5N5O5. The number of para-hydroxylation sites is 2. The number of carbonyl (C=O) groups excluding carboxylic acids is 1. The summed E-state index contributed by atoms with van der Waals surface area (Å²) in [7, 11) is 1.39. The Hall–Kier alpha value is -4.82. The van der Waals surface area contributed by atoms with Gasteiger partial charge in [0.2, 0.25) is 0 Å². The van der Waals surface area contributed by atoms with Gasteiger partial charge in [-0.2, -0.15) is 27.1 Å². The summed E-state index contributed by atoms with van der Waals surface area (Å²) in [5, 5.41) is 17.3. The van der Waals surface area contributed by atoms with Crippen LogP contribution in [0.15, 0.2) is 54.6 Å². The van der Waals surface area contributed by atoms with Crippen LogP contribution in [0.3, 0.4) is 0 Å². The molecule has 0 aliphatic rings. The molecule has 0 spiro atoms. The van der Waals surface area contributed by atoms with Crippen LogP contribution in [-0.4, -0.2) is 38.7 Å². The van der Waals surface area contributed by atoms with E-state index < -0.39 is 45.7 Å². The van der Waals surface area contributed by atoms with Gasteiger partial charge < -0.3 is 14.8 Å². The molecule has 0 saturated heterocycles. The van der Waals surface area contributed by atoms with Crippen molar-refractivity contribution in [3.63, 3.8) is 0 Å². The molecule has 0 radical (unpaired) electrons. The topological polar surface area (TPSA) is 121 Å². The molecule has 2 aromatic carbocycles. The first-order chi connectivity index (χ1) is 17.8. The van der Waals surface area contributed by atoms with Gasteiger partial charge in [-0.1, -0.05) is 12.1 Å². The molecule has 0 bridgehead atoms. The predicted octanol–water partition coefficient (Wildman–Crippen LogP) is 5.65. The van der Waals surface area contributed by atoms with Gasteiger partial charge in [-0.05, 0) is 25.1 Å². The highest BCUT2D eigenvalue weighted by Gasteiger charge is 2.60. The number of carbonyl (C=O) groups is 1. The monoisotopic (exact) mass is 537 g/mol. The van der Waals surface area contributed by atoms with E-state index in [1.165, 1.54) is 26.2 Å². The Labute approximate surface area is 209 Å². The number of ether oxygens (including phenoxy) is 2. The summed E-state index contributed by atoms with van der Waals surface area (Å²) in [6.07, 6.45) is -5.93. The van der Waals surface area contributed by atoms with Crippen molar-refractivity contribution in [1.82, 2.24) is 14.6 Å². The molecule has 0 fully saturated rings. The van der Waals surface area contributed by atoms with Crippen LogP contribution in [0.25, 0.3) is 5.65 Å². The molecule has 1 amide bonds. The highest BCUT2D eigenvalue weighted by molar-refractivity contribution is 6.03. The SMILES string of the molecule is COc1ccccc1Oc1cc(NC(=O)c2cc3nc(C)cc(C(F)(F)C(F)(F)F)n3n2)cc([N+](=O)[O-])c1. The maximum absolute atomic E-state index is 14.1. The first-order valence-corrected chi connectivity index (χ1v) is 10.5. The Balaban J connectivity index is 1.69. The second-order valence-corrected chi connectivity index (χ2v) is 7.83. The summed E-state index contributed by atoms with van der Waals surface area (Å²) in [5.74, 6) is -5.86. The van der Waals surface area contributed by atoms with Gasteiger partial charge in [0.05, 0.1) is 23.8 Å². The molecule has 0 aliphatic carbocycles. The maximum atomic E-state index is 14.1. The molecule has 4 rings (SSSR count). The number of amides is 1. The molecule has 0 unspecified atom stereocenters. The number of alkyl halides is 5. The summed E-state index contributed by atoms with van der Waals surface area (Å²) >= 11 is 0. The second-order valence-electron chi connectivity index (χ2n) is 7.83. The lowest BCUT2D eigenvalue weighted by Crippen LogP contribution is -2.36. The van der Waals surface area contributed by atoms with E-state index in [1.54, 1.807) is 18.2 Å². The van der Waals surface area contributed by atoms with Crippen LogP contribution < -0.4 is 14.8 Å². The van der Waals surface area contributed by atoms with E-state index in [-0.39, 0.29) is 27.4 Å². The molecule has 198 valence electrons. The number of nitro benzene ring substituents is 1. The molecule has 2 aromatic heterocycles. The van der Waals surface area contributed by atoms with E-state index in [4.69, 9.17) is 9.47 Å². The Morgan fingerprint density at radius 3 is 2.37 bits per heavy atom. The van der Waals surface area contributed by atoms with Crippen molar-refractivity contribution in [3.8, 4) is 17.2 Å². The minimum atomic E-state index is -5.93. The number of non-ortho nitro benzene ring substituents is 1. The van der Waals surface area contributed by atoms with Crippen LogP contribution in [0.2, 0.25) is 0 Å². The highest BCUT2D eigenvalue weighted by atomic mass is 19.4. The van der Waals surface area contributed by atoms with E-state index in [0.717, 1.165) is 18.2 Å². The number of benzene rings is 2. The van der Waals surface area contributed by atoms with Crippen molar-refractivity contribution in [1.29, 1.82) is 0 Å². The Kier molecular flexibility index (Phi) is 6.61. The fourth-order valence-electron chi connectivity index (χ4n) is 3.43. The lowest BCUT2D eigenvalue weighted by Gasteiger charge is -2.20. The van der Waals surface area contributed by atoms with Crippen LogP contribution in [0, 0.1) is 17.0 Å².